The Morgan fingerprint density at radius 1 is 1.41 bits per heavy atom. The minimum absolute atomic E-state index is 0.105. The molecule has 2 rings (SSSR count). The third-order valence-electron chi connectivity index (χ3n) is 3.48. The molecule has 0 aliphatic carbocycles. The van der Waals surface area contributed by atoms with Crippen LogP contribution in [0.4, 0.5) is 5.69 Å². The molecule has 1 atom stereocenters. The van der Waals surface area contributed by atoms with Gasteiger partial charge in [0.25, 0.3) is 5.91 Å². The van der Waals surface area contributed by atoms with Crippen LogP contribution in [0.3, 0.4) is 0 Å². The number of likely N-dealkylation sites (N-methyl/N-ethyl adjacent to an activating group) is 1. The van der Waals surface area contributed by atoms with Gasteiger partial charge >= 0.3 is 0 Å². The van der Waals surface area contributed by atoms with Gasteiger partial charge in [-0.2, -0.15) is 0 Å². The second-order valence-corrected chi connectivity index (χ2v) is 7.80. The first kappa shape index (κ1) is 17.1. The van der Waals surface area contributed by atoms with E-state index in [1.807, 2.05) is 7.05 Å². The number of benzene rings is 1. The Labute approximate surface area is 135 Å². The summed E-state index contributed by atoms with van der Waals surface area (Å²) in [6.07, 6.45) is 3.02. The number of likely N-dealkylation sites (tertiary alicyclic amines) is 1. The van der Waals surface area contributed by atoms with E-state index in [2.05, 4.69) is 14.9 Å². The number of nitrogens with zero attached hydrogens (tertiary/aromatic N) is 1. The van der Waals surface area contributed by atoms with Crippen molar-refractivity contribution in [3.05, 3.63) is 28.8 Å². The Morgan fingerprint density at radius 2 is 2.14 bits per heavy atom. The van der Waals surface area contributed by atoms with Crippen molar-refractivity contribution in [1.82, 2.24) is 10.2 Å². The van der Waals surface area contributed by atoms with Crippen molar-refractivity contribution in [3.63, 3.8) is 0 Å². The third kappa shape index (κ3) is 4.86. The zero-order chi connectivity index (χ0) is 16.3. The Morgan fingerprint density at radius 3 is 2.77 bits per heavy atom. The highest BCUT2D eigenvalue weighted by molar-refractivity contribution is 7.92. The van der Waals surface area contributed by atoms with Gasteiger partial charge in [-0.3, -0.25) is 9.52 Å². The molecule has 0 bridgehead atoms. The van der Waals surface area contributed by atoms with E-state index in [4.69, 9.17) is 11.6 Å². The number of halogens is 1. The Balaban J connectivity index is 2.11. The number of carbonyl (C=O) groups is 1. The molecule has 1 saturated heterocycles. The lowest BCUT2D eigenvalue weighted by Gasteiger charge is -2.30. The summed E-state index contributed by atoms with van der Waals surface area (Å²) in [6, 6.07) is 4.65. The number of hydrogen-bond donors (Lipinski definition) is 2. The van der Waals surface area contributed by atoms with E-state index in [9.17, 15) is 13.2 Å². The maximum Gasteiger partial charge on any atom is 0.251 e. The number of sulfonamides is 1. The molecular weight excluding hydrogens is 326 g/mol. The summed E-state index contributed by atoms with van der Waals surface area (Å²) in [5, 5.41) is 3.22. The zero-order valence-corrected chi connectivity index (χ0v) is 14.2. The van der Waals surface area contributed by atoms with Gasteiger partial charge in [-0.15, -0.1) is 0 Å². The molecule has 0 saturated carbocycles. The minimum Gasteiger partial charge on any atom is -0.348 e. The normalized spacial score (nSPS) is 19.7. The summed E-state index contributed by atoms with van der Waals surface area (Å²) in [7, 11) is -1.43. The third-order valence-corrected chi connectivity index (χ3v) is 4.40. The maximum atomic E-state index is 12.3. The lowest BCUT2D eigenvalue weighted by atomic mass is 10.1. The molecule has 1 amide bonds. The predicted octanol–water partition coefficient (Wildman–Crippen LogP) is 1.54. The summed E-state index contributed by atoms with van der Waals surface area (Å²) in [5.41, 5.74) is 0.585. The summed E-state index contributed by atoms with van der Waals surface area (Å²) in [4.78, 5) is 14.5. The fourth-order valence-corrected chi connectivity index (χ4v) is 3.29. The van der Waals surface area contributed by atoms with Crippen LogP contribution in [0.2, 0.25) is 5.02 Å². The highest BCUT2D eigenvalue weighted by atomic mass is 35.5. The first-order valence-corrected chi connectivity index (χ1v) is 9.28. The summed E-state index contributed by atoms with van der Waals surface area (Å²) < 4.78 is 24.9. The van der Waals surface area contributed by atoms with Crippen LogP contribution in [0.15, 0.2) is 18.2 Å². The number of hydrogen-bond acceptors (Lipinski definition) is 4. The zero-order valence-electron chi connectivity index (χ0n) is 12.6. The van der Waals surface area contributed by atoms with Crippen molar-refractivity contribution < 1.29 is 13.2 Å². The molecular formula is C14H20ClN3O3S. The van der Waals surface area contributed by atoms with Crippen LogP contribution in [0.1, 0.15) is 23.2 Å². The maximum absolute atomic E-state index is 12.3. The minimum atomic E-state index is -3.45. The van der Waals surface area contributed by atoms with Gasteiger partial charge in [0, 0.05) is 18.2 Å². The molecule has 1 fully saturated rings. The lowest BCUT2D eigenvalue weighted by Crippen LogP contribution is -2.46. The van der Waals surface area contributed by atoms with E-state index < -0.39 is 10.0 Å². The quantitative estimate of drug-likeness (QED) is 0.867. The van der Waals surface area contributed by atoms with Crippen molar-refractivity contribution in [1.29, 1.82) is 0 Å². The number of nitrogens with one attached hydrogen (secondary N) is 2. The Bertz CT molecular complexity index is 663. The molecule has 122 valence electrons. The van der Waals surface area contributed by atoms with E-state index in [0.717, 1.165) is 32.2 Å². The van der Waals surface area contributed by atoms with E-state index >= 15 is 0 Å². The average Bonchev–Trinajstić information content (AvgIpc) is 2.39. The van der Waals surface area contributed by atoms with Gasteiger partial charge < -0.3 is 10.2 Å². The fourth-order valence-electron chi connectivity index (χ4n) is 2.50. The van der Waals surface area contributed by atoms with E-state index in [0.29, 0.717) is 5.56 Å². The molecule has 1 heterocycles. The number of carbonyl (C=O) groups excluding carboxylic acids is 1. The molecule has 1 aliphatic rings. The van der Waals surface area contributed by atoms with Crippen molar-refractivity contribution in [2.75, 3.05) is 31.1 Å². The first-order chi connectivity index (χ1) is 10.2. The molecule has 0 unspecified atom stereocenters. The molecule has 8 heteroatoms. The topological polar surface area (TPSA) is 78.5 Å². The molecule has 22 heavy (non-hydrogen) atoms. The molecule has 1 aliphatic heterocycles. The van der Waals surface area contributed by atoms with Crippen LogP contribution < -0.4 is 10.0 Å². The summed E-state index contributed by atoms with van der Waals surface area (Å²) in [6.45, 7) is 1.85. The molecule has 0 spiro atoms. The number of piperidine rings is 1. The summed E-state index contributed by atoms with van der Waals surface area (Å²) >= 11 is 5.95. The Hall–Kier alpha value is -1.31. The van der Waals surface area contributed by atoms with Crippen LogP contribution in [0.25, 0.3) is 0 Å². The average molecular weight is 346 g/mol. The van der Waals surface area contributed by atoms with E-state index in [-0.39, 0.29) is 22.7 Å². The largest absolute Gasteiger partial charge is 0.348 e. The molecule has 0 radical (unpaired) electrons. The summed E-state index contributed by atoms with van der Waals surface area (Å²) in [5.74, 6) is -0.228. The van der Waals surface area contributed by atoms with Gasteiger partial charge in [-0.1, -0.05) is 11.6 Å². The standard InChI is InChI=1S/C14H20ClN3O3S/c1-18-7-3-4-11(9-18)16-14(19)10-5-6-12(15)13(8-10)17-22(2,20)21/h5-6,8,11,17H,3-4,7,9H2,1-2H3,(H,16,19)/t11-/m1/s1. The predicted molar refractivity (Wildman–Crippen MR) is 87.9 cm³/mol. The fraction of sp³-hybridized carbons (Fsp3) is 0.500. The van der Waals surface area contributed by atoms with Crippen LogP contribution in [-0.4, -0.2) is 51.7 Å². The lowest BCUT2D eigenvalue weighted by molar-refractivity contribution is 0.0912. The highest BCUT2D eigenvalue weighted by Gasteiger charge is 2.20. The smallest absolute Gasteiger partial charge is 0.251 e. The van der Waals surface area contributed by atoms with Gasteiger partial charge in [0.1, 0.15) is 0 Å². The van der Waals surface area contributed by atoms with Gasteiger partial charge in [-0.05, 0) is 44.6 Å². The van der Waals surface area contributed by atoms with Gasteiger partial charge in [0.2, 0.25) is 10.0 Å². The molecule has 1 aromatic rings. The number of rotatable bonds is 4. The van der Waals surface area contributed by atoms with Crippen LogP contribution in [0, 0.1) is 0 Å². The van der Waals surface area contributed by atoms with Gasteiger partial charge in [0.05, 0.1) is 17.0 Å². The van der Waals surface area contributed by atoms with Crippen molar-refractivity contribution >= 4 is 33.2 Å². The monoisotopic (exact) mass is 345 g/mol. The van der Waals surface area contributed by atoms with Crippen LogP contribution in [-0.2, 0) is 10.0 Å². The van der Waals surface area contributed by atoms with Crippen molar-refractivity contribution in [3.8, 4) is 0 Å². The van der Waals surface area contributed by atoms with Crippen LogP contribution >= 0.6 is 11.6 Å². The van der Waals surface area contributed by atoms with Gasteiger partial charge in [-0.25, -0.2) is 8.42 Å². The molecule has 6 nitrogen and oxygen atoms in total. The number of amides is 1. The SMILES string of the molecule is CN1CCC[C@@H](NC(=O)c2ccc(Cl)c(NS(C)(=O)=O)c2)C1. The Kier molecular flexibility index (Phi) is 5.31. The molecule has 1 aromatic carbocycles. The van der Waals surface area contributed by atoms with Crippen molar-refractivity contribution in [2.45, 2.75) is 18.9 Å². The van der Waals surface area contributed by atoms with Gasteiger partial charge in [0.15, 0.2) is 0 Å². The second kappa shape index (κ2) is 6.85. The van der Waals surface area contributed by atoms with E-state index in [1.54, 1.807) is 6.07 Å². The number of anilines is 1. The molecule has 2 N–H and O–H groups in total. The van der Waals surface area contributed by atoms with Crippen LogP contribution in [0.5, 0.6) is 0 Å². The highest BCUT2D eigenvalue weighted by Crippen LogP contribution is 2.24. The first-order valence-electron chi connectivity index (χ1n) is 7.01. The van der Waals surface area contributed by atoms with E-state index in [1.165, 1.54) is 12.1 Å². The van der Waals surface area contributed by atoms with Crippen molar-refractivity contribution in [2.24, 2.45) is 0 Å². The molecule has 0 aromatic heterocycles. The second-order valence-electron chi connectivity index (χ2n) is 5.64.